The van der Waals surface area contributed by atoms with E-state index < -0.39 is 11.7 Å². The predicted molar refractivity (Wildman–Crippen MR) is 41.4 cm³/mol. The number of aliphatic hydroxyl groups excluding tert-OH is 1. The Bertz CT molecular complexity index is 341. The number of aromatic nitrogens is 2. The van der Waals surface area contributed by atoms with Crippen LogP contribution in [0.4, 0.5) is 13.2 Å². The van der Waals surface area contributed by atoms with E-state index in [9.17, 15) is 13.2 Å². The summed E-state index contributed by atoms with van der Waals surface area (Å²) in [6.45, 7) is -0.332. The Morgan fingerprint density at radius 3 is 2.50 bits per heavy atom. The van der Waals surface area contributed by atoms with Crippen LogP contribution in [0.5, 0.6) is 0 Å². The molecule has 1 saturated carbocycles. The minimum atomic E-state index is -4.24. The molecule has 1 aromatic heterocycles. The zero-order valence-electron chi connectivity index (χ0n) is 7.25. The Hall–Kier alpha value is -1.04. The summed E-state index contributed by atoms with van der Waals surface area (Å²) < 4.78 is 38.8. The number of hydrogen-bond acceptors (Lipinski definition) is 2. The quantitative estimate of drug-likeness (QED) is 0.794. The third-order valence-corrected chi connectivity index (χ3v) is 2.54. The number of alkyl halides is 3. The van der Waals surface area contributed by atoms with Crippen molar-refractivity contribution in [1.82, 2.24) is 9.55 Å². The van der Waals surface area contributed by atoms with Gasteiger partial charge in [0.1, 0.15) is 5.54 Å². The van der Waals surface area contributed by atoms with Gasteiger partial charge in [-0.25, -0.2) is 4.98 Å². The SMILES string of the molecule is OCc1cn(C2(C(F)(F)F)CC2)cn1. The molecule has 0 saturated heterocycles. The number of nitrogens with zero attached hydrogens (tertiary/aromatic N) is 2. The molecule has 3 nitrogen and oxygen atoms in total. The fraction of sp³-hybridized carbons (Fsp3) is 0.625. The van der Waals surface area contributed by atoms with E-state index >= 15 is 0 Å². The van der Waals surface area contributed by atoms with Gasteiger partial charge in [0.25, 0.3) is 0 Å². The lowest BCUT2D eigenvalue weighted by Gasteiger charge is -2.20. The molecule has 0 spiro atoms. The van der Waals surface area contributed by atoms with Crippen LogP contribution in [0.3, 0.4) is 0 Å². The number of aliphatic hydroxyl groups is 1. The summed E-state index contributed by atoms with van der Waals surface area (Å²) in [7, 11) is 0. The molecular formula is C8H9F3N2O. The van der Waals surface area contributed by atoms with E-state index in [4.69, 9.17) is 5.11 Å². The molecule has 1 aliphatic rings. The molecule has 0 bridgehead atoms. The third-order valence-electron chi connectivity index (χ3n) is 2.54. The van der Waals surface area contributed by atoms with Crippen LogP contribution in [0.25, 0.3) is 0 Å². The van der Waals surface area contributed by atoms with Gasteiger partial charge in [-0.05, 0) is 12.8 Å². The summed E-state index contributed by atoms with van der Waals surface area (Å²) >= 11 is 0. The normalized spacial score (nSPS) is 19.7. The average Bonchev–Trinajstić information content (AvgIpc) is 2.79. The minimum Gasteiger partial charge on any atom is -0.390 e. The fourth-order valence-corrected chi connectivity index (χ4v) is 1.49. The second kappa shape index (κ2) is 2.73. The Labute approximate surface area is 78.2 Å². The molecule has 14 heavy (non-hydrogen) atoms. The summed E-state index contributed by atoms with van der Waals surface area (Å²) in [5.41, 5.74) is -1.49. The van der Waals surface area contributed by atoms with Gasteiger partial charge in [-0.15, -0.1) is 0 Å². The van der Waals surface area contributed by atoms with Gasteiger partial charge in [0.05, 0.1) is 18.6 Å². The zero-order valence-corrected chi connectivity index (χ0v) is 7.25. The highest BCUT2D eigenvalue weighted by atomic mass is 19.4. The molecule has 1 fully saturated rings. The van der Waals surface area contributed by atoms with E-state index in [1.54, 1.807) is 0 Å². The van der Waals surface area contributed by atoms with Crippen molar-refractivity contribution in [3.05, 3.63) is 18.2 Å². The summed E-state index contributed by atoms with van der Waals surface area (Å²) in [5, 5.41) is 8.68. The largest absolute Gasteiger partial charge is 0.411 e. The van der Waals surface area contributed by atoms with Crippen molar-refractivity contribution in [2.75, 3.05) is 0 Å². The van der Waals surface area contributed by atoms with Gasteiger partial charge in [0.15, 0.2) is 0 Å². The molecule has 0 atom stereocenters. The first-order valence-corrected chi connectivity index (χ1v) is 4.20. The highest BCUT2D eigenvalue weighted by molar-refractivity contribution is 5.10. The summed E-state index contributed by atoms with van der Waals surface area (Å²) in [6.07, 6.45) is -1.66. The Kier molecular flexibility index (Phi) is 1.85. The van der Waals surface area contributed by atoms with E-state index in [-0.39, 0.29) is 25.1 Å². The molecule has 0 unspecified atom stereocenters. The maximum atomic E-state index is 12.6. The number of rotatable bonds is 2. The van der Waals surface area contributed by atoms with Crippen molar-refractivity contribution in [2.45, 2.75) is 31.2 Å². The van der Waals surface area contributed by atoms with Gasteiger partial charge in [-0.2, -0.15) is 13.2 Å². The first-order valence-electron chi connectivity index (χ1n) is 4.20. The van der Waals surface area contributed by atoms with E-state index in [1.807, 2.05) is 0 Å². The first-order chi connectivity index (χ1) is 6.49. The molecular weight excluding hydrogens is 197 g/mol. The summed E-state index contributed by atoms with van der Waals surface area (Å²) in [5.74, 6) is 0. The van der Waals surface area contributed by atoms with Crippen LogP contribution in [0.2, 0.25) is 0 Å². The minimum absolute atomic E-state index is 0.0950. The van der Waals surface area contributed by atoms with Crippen LogP contribution in [0, 0.1) is 0 Å². The second-order valence-corrected chi connectivity index (χ2v) is 3.46. The fourth-order valence-electron chi connectivity index (χ4n) is 1.49. The highest BCUT2D eigenvalue weighted by Crippen LogP contribution is 2.55. The van der Waals surface area contributed by atoms with E-state index in [1.165, 1.54) is 6.20 Å². The predicted octanol–water partition coefficient (Wildman–Crippen LogP) is 1.43. The maximum Gasteiger partial charge on any atom is 0.411 e. The van der Waals surface area contributed by atoms with Crippen molar-refractivity contribution < 1.29 is 18.3 Å². The second-order valence-electron chi connectivity index (χ2n) is 3.46. The van der Waals surface area contributed by atoms with Gasteiger partial charge in [0.2, 0.25) is 0 Å². The standard InChI is InChI=1S/C8H9F3N2O/c9-8(10,11)7(1-2-7)13-3-6(4-14)12-5-13/h3,5,14H,1-2,4H2. The van der Waals surface area contributed by atoms with Crippen molar-refractivity contribution in [3.8, 4) is 0 Å². The lowest BCUT2D eigenvalue weighted by molar-refractivity contribution is -0.179. The van der Waals surface area contributed by atoms with Crippen LogP contribution in [-0.2, 0) is 12.1 Å². The van der Waals surface area contributed by atoms with E-state index in [0.29, 0.717) is 0 Å². The molecule has 0 aromatic carbocycles. The molecule has 1 heterocycles. The Morgan fingerprint density at radius 2 is 2.14 bits per heavy atom. The van der Waals surface area contributed by atoms with Crippen molar-refractivity contribution in [1.29, 1.82) is 0 Å². The van der Waals surface area contributed by atoms with Gasteiger partial charge in [0, 0.05) is 6.20 Å². The Morgan fingerprint density at radius 1 is 1.50 bits per heavy atom. The van der Waals surface area contributed by atoms with Gasteiger partial charge in [-0.1, -0.05) is 0 Å². The van der Waals surface area contributed by atoms with Crippen LogP contribution in [-0.4, -0.2) is 20.8 Å². The lowest BCUT2D eigenvalue weighted by atomic mass is 10.2. The van der Waals surface area contributed by atoms with Crippen molar-refractivity contribution in [3.63, 3.8) is 0 Å². The molecule has 1 aliphatic carbocycles. The van der Waals surface area contributed by atoms with E-state index in [0.717, 1.165) is 10.9 Å². The van der Waals surface area contributed by atoms with Crippen LogP contribution < -0.4 is 0 Å². The van der Waals surface area contributed by atoms with Crippen molar-refractivity contribution >= 4 is 0 Å². The number of halogens is 3. The summed E-state index contributed by atoms with van der Waals surface area (Å²) in [4.78, 5) is 3.67. The Balaban J connectivity index is 2.31. The number of imidazole rings is 1. The van der Waals surface area contributed by atoms with Crippen molar-refractivity contribution in [2.24, 2.45) is 0 Å². The smallest absolute Gasteiger partial charge is 0.390 e. The van der Waals surface area contributed by atoms with Gasteiger partial charge in [-0.3, -0.25) is 0 Å². The molecule has 2 rings (SSSR count). The topological polar surface area (TPSA) is 38.0 Å². The highest BCUT2D eigenvalue weighted by Gasteiger charge is 2.64. The molecule has 0 radical (unpaired) electrons. The first kappa shape index (κ1) is 9.51. The average molecular weight is 206 g/mol. The van der Waals surface area contributed by atoms with Crippen LogP contribution in [0.1, 0.15) is 18.5 Å². The molecule has 0 amide bonds. The maximum absolute atomic E-state index is 12.6. The summed E-state index contributed by atoms with van der Waals surface area (Å²) in [6, 6.07) is 0. The van der Waals surface area contributed by atoms with E-state index in [2.05, 4.69) is 4.98 Å². The molecule has 6 heteroatoms. The van der Waals surface area contributed by atoms with Crippen LogP contribution >= 0.6 is 0 Å². The van der Waals surface area contributed by atoms with Crippen LogP contribution in [0.15, 0.2) is 12.5 Å². The molecule has 1 N–H and O–H groups in total. The van der Waals surface area contributed by atoms with Gasteiger partial charge < -0.3 is 9.67 Å². The lowest BCUT2D eigenvalue weighted by Crippen LogP contribution is -2.33. The van der Waals surface area contributed by atoms with Gasteiger partial charge >= 0.3 is 6.18 Å². The third kappa shape index (κ3) is 1.21. The molecule has 1 aromatic rings. The zero-order chi connectivity index (χ0) is 10.4. The monoisotopic (exact) mass is 206 g/mol. The number of hydrogen-bond donors (Lipinski definition) is 1. The molecule has 0 aliphatic heterocycles. The molecule has 78 valence electrons.